The molecule has 0 radical (unpaired) electrons. The van der Waals surface area contributed by atoms with E-state index in [4.69, 9.17) is 5.10 Å². The van der Waals surface area contributed by atoms with Crippen molar-refractivity contribution in [3.63, 3.8) is 0 Å². The van der Waals surface area contributed by atoms with Gasteiger partial charge in [0, 0.05) is 18.0 Å². The van der Waals surface area contributed by atoms with Gasteiger partial charge in [-0.1, -0.05) is 25.0 Å². The van der Waals surface area contributed by atoms with Gasteiger partial charge in [-0.2, -0.15) is 5.10 Å². The highest BCUT2D eigenvalue weighted by atomic mass is 32.2. The Morgan fingerprint density at radius 1 is 1.11 bits per heavy atom. The molecular formula is C21H24N4O2S. The van der Waals surface area contributed by atoms with Gasteiger partial charge in [-0.15, -0.1) is 0 Å². The Labute approximate surface area is 165 Å². The lowest BCUT2D eigenvalue weighted by Crippen LogP contribution is -2.23. The fraction of sp³-hybridized carbons (Fsp3) is 0.333. The third-order valence-corrected chi connectivity index (χ3v) is 6.58. The molecule has 2 aromatic heterocycles. The van der Waals surface area contributed by atoms with E-state index in [9.17, 15) is 8.42 Å². The van der Waals surface area contributed by atoms with Crippen LogP contribution >= 0.6 is 0 Å². The molecule has 1 fully saturated rings. The molecule has 146 valence electrons. The fourth-order valence-corrected chi connectivity index (χ4v) is 4.84. The van der Waals surface area contributed by atoms with Gasteiger partial charge in [0.1, 0.15) is 0 Å². The number of aromatic nitrogens is 3. The molecule has 1 aromatic carbocycles. The standard InChI is InChI=1S/C21H24N4O2S/c1-16-5-4-8-20(13-16)28(26,27)23-15-18-14-21(17-9-11-22-12-10-17)25(24-18)19-6-2-3-7-19/h4-5,8-14,19,23H,2-3,6-7,15H2,1H3. The van der Waals surface area contributed by atoms with Gasteiger partial charge in [-0.3, -0.25) is 9.67 Å². The van der Waals surface area contributed by atoms with Crippen LogP contribution in [0.4, 0.5) is 0 Å². The predicted octanol–water partition coefficient (Wildman–Crippen LogP) is 3.85. The fourth-order valence-electron chi connectivity index (χ4n) is 3.73. The molecule has 3 aromatic rings. The van der Waals surface area contributed by atoms with Crippen molar-refractivity contribution < 1.29 is 8.42 Å². The Balaban J connectivity index is 1.60. The molecule has 0 saturated heterocycles. The van der Waals surface area contributed by atoms with Crippen LogP contribution in [0.15, 0.2) is 59.8 Å². The second-order valence-electron chi connectivity index (χ2n) is 7.28. The molecule has 0 aliphatic heterocycles. The highest BCUT2D eigenvalue weighted by Crippen LogP contribution is 2.33. The van der Waals surface area contributed by atoms with Crippen LogP contribution in [0.1, 0.15) is 43.0 Å². The van der Waals surface area contributed by atoms with Crippen LogP contribution in [0, 0.1) is 6.92 Å². The van der Waals surface area contributed by atoms with Crippen LogP contribution in [-0.4, -0.2) is 23.2 Å². The average Bonchev–Trinajstić information content (AvgIpc) is 3.37. The van der Waals surface area contributed by atoms with Gasteiger partial charge in [0.05, 0.1) is 28.9 Å². The number of sulfonamides is 1. The molecule has 0 atom stereocenters. The molecular weight excluding hydrogens is 372 g/mol. The number of rotatable bonds is 6. The second-order valence-corrected chi connectivity index (χ2v) is 9.05. The number of pyridine rings is 1. The van der Waals surface area contributed by atoms with E-state index in [0.29, 0.717) is 6.04 Å². The number of nitrogens with zero attached hydrogens (tertiary/aromatic N) is 3. The minimum absolute atomic E-state index is 0.161. The van der Waals surface area contributed by atoms with Gasteiger partial charge in [0.25, 0.3) is 0 Å². The summed E-state index contributed by atoms with van der Waals surface area (Å²) in [6.45, 7) is 2.04. The van der Waals surface area contributed by atoms with E-state index in [-0.39, 0.29) is 11.4 Å². The number of aryl methyl sites for hydroxylation is 1. The van der Waals surface area contributed by atoms with Gasteiger partial charge in [0.2, 0.25) is 10.0 Å². The Bertz CT molecular complexity index is 1060. The normalized spacial score (nSPS) is 15.2. The summed E-state index contributed by atoms with van der Waals surface area (Å²) in [5.74, 6) is 0. The van der Waals surface area contributed by atoms with Gasteiger partial charge in [-0.25, -0.2) is 13.1 Å². The molecule has 0 amide bonds. The second kappa shape index (κ2) is 7.85. The zero-order valence-electron chi connectivity index (χ0n) is 15.9. The quantitative estimate of drug-likeness (QED) is 0.687. The van der Waals surface area contributed by atoms with E-state index in [1.807, 2.05) is 31.2 Å². The molecule has 1 aliphatic carbocycles. The van der Waals surface area contributed by atoms with Crippen molar-refractivity contribution >= 4 is 10.0 Å². The van der Waals surface area contributed by atoms with E-state index in [0.717, 1.165) is 35.4 Å². The first kappa shape index (κ1) is 18.8. The maximum Gasteiger partial charge on any atom is 0.240 e. The summed E-state index contributed by atoms with van der Waals surface area (Å²) >= 11 is 0. The van der Waals surface area contributed by atoms with Crippen molar-refractivity contribution in [1.82, 2.24) is 19.5 Å². The molecule has 6 nitrogen and oxygen atoms in total. The predicted molar refractivity (Wildman–Crippen MR) is 108 cm³/mol. The summed E-state index contributed by atoms with van der Waals surface area (Å²) < 4.78 is 30.0. The molecule has 1 N–H and O–H groups in total. The maximum absolute atomic E-state index is 12.6. The first-order valence-electron chi connectivity index (χ1n) is 9.58. The van der Waals surface area contributed by atoms with Crippen LogP contribution in [0.3, 0.4) is 0 Å². The molecule has 0 unspecified atom stereocenters. The van der Waals surface area contributed by atoms with Crippen LogP contribution < -0.4 is 4.72 Å². The topological polar surface area (TPSA) is 76.9 Å². The molecule has 0 spiro atoms. The summed E-state index contributed by atoms with van der Waals surface area (Å²) in [5, 5.41) is 4.75. The third-order valence-electron chi connectivity index (χ3n) is 5.18. The van der Waals surface area contributed by atoms with E-state index in [1.54, 1.807) is 30.6 Å². The van der Waals surface area contributed by atoms with E-state index < -0.39 is 10.0 Å². The lowest BCUT2D eigenvalue weighted by molar-refractivity contribution is 0.467. The minimum Gasteiger partial charge on any atom is -0.265 e. The lowest BCUT2D eigenvalue weighted by atomic mass is 10.1. The average molecular weight is 397 g/mol. The summed E-state index contributed by atoms with van der Waals surface area (Å²) in [7, 11) is -3.58. The van der Waals surface area contributed by atoms with Gasteiger partial charge >= 0.3 is 0 Å². The third kappa shape index (κ3) is 4.00. The molecule has 2 heterocycles. The largest absolute Gasteiger partial charge is 0.265 e. The SMILES string of the molecule is Cc1cccc(S(=O)(=O)NCc2cc(-c3ccncc3)n(C3CCCC3)n2)c1. The zero-order chi connectivity index (χ0) is 19.6. The van der Waals surface area contributed by atoms with Crippen molar-refractivity contribution in [3.05, 3.63) is 66.1 Å². The van der Waals surface area contributed by atoms with Gasteiger partial charge in [-0.05, 0) is 55.7 Å². The van der Waals surface area contributed by atoms with Crippen LogP contribution in [0.2, 0.25) is 0 Å². The number of hydrogen-bond acceptors (Lipinski definition) is 4. The first-order valence-corrected chi connectivity index (χ1v) is 11.1. The molecule has 1 saturated carbocycles. The molecule has 1 aliphatic rings. The Morgan fingerprint density at radius 2 is 1.86 bits per heavy atom. The highest BCUT2D eigenvalue weighted by molar-refractivity contribution is 7.89. The number of nitrogens with one attached hydrogen (secondary N) is 1. The van der Waals surface area contributed by atoms with Gasteiger partial charge < -0.3 is 0 Å². The van der Waals surface area contributed by atoms with Crippen molar-refractivity contribution in [2.24, 2.45) is 0 Å². The molecule has 0 bridgehead atoms. The van der Waals surface area contributed by atoms with Crippen molar-refractivity contribution in [2.75, 3.05) is 0 Å². The van der Waals surface area contributed by atoms with E-state index in [2.05, 4.69) is 14.4 Å². The Kier molecular flexibility index (Phi) is 5.28. The van der Waals surface area contributed by atoms with Crippen LogP contribution in [0.5, 0.6) is 0 Å². The summed E-state index contributed by atoms with van der Waals surface area (Å²) in [5.41, 5.74) is 3.68. The van der Waals surface area contributed by atoms with E-state index >= 15 is 0 Å². The highest BCUT2D eigenvalue weighted by Gasteiger charge is 2.23. The smallest absolute Gasteiger partial charge is 0.240 e. The lowest BCUT2D eigenvalue weighted by Gasteiger charge is -2.14. The van der Waals surface area contributed by atoms with Crippen molar-refractivity contribution in [3.8, 4) is 11.3 Å². The Morgan fingerprint density at radius 3 is 2.57 bits per heavy atom. The van der Waals surface area contributed by atoms with Crippen LogP contribution in [0.25, 0.3) is 11.3 Å². The Hall–Kier alpha value is -2.51. The molecule has 7 heteroatoms. The first-order chi connectivity index (χ1) is 13.5. The summed E-state index contributed by atoms with van der Waals surface area (Å²) in [6.07, 6.45) is 8.15. The van der Waals surface area contributed by atoms with Gasteiger partial charge in [0.15, 0.2) is 0 Å². The summed E-state index contributed by atoms with van der Waals surface area (Å²) in [6, 6.07) is 13.2. The number of benzene rings is 1. The van der Waals surface area contributed by atoms with Crippen LogP contribution in [-0.2, 0) is 16.6 Å². The molecule has 28 heavy (non-hydrogen) atoms. The molecule has 4 rings (SSSR count). The maximum atomic E-state index is 12.6. The van der Waals surface area contributed by atoms with Crippen molar-refractivity contribution in [1.29, 1.82) is 0 Å². The minimum atomic E-state index is -3.58. The van der Waals surface area contributed by atoms with Crippen molar-refractivity contribution in [2.45, 2.75) is 50.1 Å². The summed E-state index contributed by atoms with van der Waals surface area (Å²) in [4.78, 5) is 4.37. The number of hydrogen-bond donors (Lipinski definition) is 1. The van der Waals surface area contributed by atoms with E-state index in [1.165, 1.54) is 12.8 Å². The monoisotopic (exact) mass is 396 g/mol. The zero-order valence-corrected chi connectivity index (χ0v) is 16.7.